The van der Waals surface area contributed by atoms with E-state index in [4.69, 9.17) is 10.8 Å². The van der Waals surface area contributed by atoms with Gasteiger partial charge in [0.1, 0.15) is 6.04 Å². The molecule has 0 aliphatic carbocycles. The van der Waals surface area contributed by atoms with Crippen LogP contribution in [0.1, 0.15) is 11.7 Å². The molecule has 0 aliphatic heterocycles. The Labute approximate surface area is 61.3 Å². The molecule has 0 bridgehead atoms. The number of carboxylic acids is 1. The average molecular weight is 158 g/mol. The third-order valence-electron chi connectivity index (χ3n) is 1.04. The van der Waals surface area contributed by atoms with Crippen molar-refractivity contribution in [3.63, 3.8) is 0 Å². The molecule has 0 saturated heterocycles. The van der Waals surface area contributed by atoms with Crippen molar-refractivity contribution in [2.45, 2.75) is 6.04 Å². The summed E-state index contributed by atoms with van der Waals surface area (Å²) in [6, 6.07) is -0.980. The van der Waals surface area contributed by atoms with Gasteiger partial charge in [-0.05, 0) is 0 Å². The van der Waals surface area contributed by atoms with Gasteiger partial charge < -0.3 is 10.8 Å². The summed E-state index contributed by atoms with van der Waals surface area (Å²) in [5.74, 6) is -1.05. The summed E-state index contributed by atoms with van der Waals surface area (Å²) >= 11 is 1.33. The van der Waals surface area contributed by atoms with Crippen molar-refractivity contribution < 1.29 is 9.90 Å². The van der Waals surface area contributed by atoms with Gasteiger partial charge in [-0.3, -0.25) is 4.79 Å². The molecule has 0 aromatic carbocycles. The van der Waals surface area contributed by atoms with E-state index in [1.165, 1.54) is 11.3 Å². The first-order chi connectivity index (χ1) is 4.72. The topological polar surface area (TPSA) is 76.2 Å². The second-order valence-electron chi connectivity index (χ2n) is 1.73. The molecule has 1 aromatic rings. The lowest BCUT2D eigenvalue weighted by Gasteiger charge is -1.99. The first-order valence-corrected chi connectivity index (χ1v) is 3.52. The van der Waals surface area contributed by atoms with Gasteiger partial charge in [0.15, 0.2) is 0 Å². The average Bonchev–Trinajstić information content (AvgIpc) is 2.36. The molecule has 1 rings (SSSR count). The summed E-state index contributed by atoms with van der Waals surface area (Å²) < 4.78 is 0. The van der Waals surface area contributed by atoms with Gasteiger partial charge in [0, 0.05) is 5.38 Å². The normalized spacial score (nSPS) is 12.9. The van der Waals surface area contributed by atoms with E-state index in [1.807, 2.05) is 0 Å². The number of nitrogens with zero attached hydrogens (tertiary/aromatic N) is 1. The minimum absolute atomic E-state index is 0.414. The molecule has 4 nitrogen and oxygen atoms in total. The number of carbonyl (C=O) groups is 1. The molecular weight excluding hydrogens is 152 g/mol. The van der Waals surface area contributed by atoms with Gasteiger partial charge in [0.05, 0.1) is 11.2 Å². The zero-order valence-electron chi connectivity index (χ0n) is 5.02. The molecule has 54 valence electrons. The Kier molecular flexibility index (Phi) is 1.98. The maximum Gasteiger partial charge on any atom is 0.326 e. The minimum Gasteiger partial charge on any atom is -0.480 e. The lowest BCUT2D eigenvalue weighted by molar-refractivity contribution is -0.138. The molecule has 5 heteroatoms. The van der Waals surface area contributed by atoms with Crippen molar-refractivity contribution in [2.75, 3.05) is 0 Å². The largest absolute Gasteiger partial charge is 0.480 e. The summed E-state index contributed by atoms with van der Waals surface area (Å²) in [7, 11) is 0. The van der Waals surface area contributed by atoms with Gasteiger partial charge >= 0.3 is 5.97 Å². The summed E-state index contributed by atoms with van der Waals surface area (Å²) in [5.41, 5.74) is 7.19. The van der Waals surface area contributed by atoms with E-state index in [1.54, 1.807) is 10.9 Å². The Hall–Kier alpha value is -0.940. The fourth-order valence-electron chi connectivity index (χ4n) is 0.502. The molecule has 10 heavy (non-hydrogen) atoms. The van der Waals surface area contributed by atoms with Crippen molar-refractivity contribution in [3.05, 3.63) is 16.6 Å². The molecule has 3 N–H and O–H groups in total. The summed E-state index contributed by atoms with van der Waals surface area (Å²) in [6.07, 6.45) is 0. The van der Waals surface area contributed by atoms with Crippen molar-refractivity contribution in [1.29, 1.82) is 0 Å². The second-order valence-corrected chi connectivity index (χ2v) is 2.45. The van der Waals surface area contributed by atoms with Crippen LogP contribution in [0.5, 0.6) is 0 Å². The lowest BCUT2D eigenvalue weighted by atomic mass is 10.2. The first-order valence-electron chi connectivity index (χ1n) is 2.58. The van der Waals surface area contributed by atoms with Gasteiger partial charge in [-0.15, -0.1) is 11.3 Å². The molecule has 0 fully saturated rings. The van der Waals surface area contributed by atoms with Gasteiger partial charge in [-0.25, -0.2) is 4.98 Å². The molecule has 0 spiro atoms. The standard InChI is InChI=1S/C5H6N2O2S/c6-4(5(8)9)3-1-10-2-7-3/h1-2,4H,6H2,(H,8,9). The van der Waals surface area contributed by atoms with Crippen molar-refractivity contribution in [1.82, 2.24) is 4.98 Å². The maximum absolute atomic E-state index is 10.2. The lowest BCUT2D eigenvalue weighted by Crippen LogP contribution is -2.20. The van der Waals surface area contributed by atoms with Gasteiger partial charge in [0.2, 0.25) is 0 Å². The highest BCUT2D eigenvalue weighted by Gasteiger charge is 2.14. The number of nitrogens with two attached hydrogens (primary N) is 1. The molecule has 1 unspecified atom stereocenters. The van der Waals surface area contributed by atoms with Crippen LogP contribution in [0, 0.1) is 0 Å². The van der Waals surface area contributed by atoms with Gasteiger partial charge in [-0.1, -0.05) is 0 Å². The van der Waals surface area contributed by atoms with Crippen LogP contribution in [0.3, 0.4) is 0 Å². The summed E-state index contributed by atoms with van der Waals surface area (Å²) in [6.45, 7) is 0. The fraction of sp³-hybridized carbons (Fsp3) is 0.200. The Morgan fingerprint density at radius 3 is 3.00 bits per heavy atom. The predicted molar refractivity (Wildman–Crippen MR) is 36.7 cm³/mol. The van der Waals surface area contributed by atoms with Crippen molar-refractivity contribution in [3.8, 4) is 0 Å². The van der Waals surface area contributed by atoms with Crippen LogP contribution < -0.4 is 5.73 Å². The Morgan fingerprint density at radius 1 is 1.90 bits per heavy atom. The third-order valence-corrected chi connectivity index (χ3v) is 1.64. The molecule has 0 radical (unpaired) electrons. The van der Waals surface area contributed by atoms with E-state index in [9.17, 15) is 4.79 Å². The maximum atomic E-state index is 10.2. The third kappa shape index (κ3) is 1.31. The van der Waals surface area contributed by atoms with E-state index in [0.717, 1.165) is 0 Å². The molecule has 1 atom stereocenters. The van der Waals surface area contributed by atoms with Crippen molar-refractivity contribution >= 4 is 17.3 Å². The Bertz CT molecular complexity index is 222. The number of thiazole rings is 1. The van der Waals surface area contributed by atoms with Crippen molar-refractivity contribution in [2.24, 2.45) is 5.73 Å². The number of carboxylic acid groups (broad SMARTS) is 1. The summed E-state index contributed by atoms with van der Waals surface area (Å²) in [5, 5.41) is 10.0. The quantitative estimate of drug-likeness (QED) is 0.645. The molecule has 1 aromatic heterocycles. The van der Waals surface area contributed by atoms with Gasteiger partial charge in [0.25, 0.3) is 0 Å². The SMILES string of the molecule is NC(C(=O)O)c1cscn1. The monoisotopic (exact) mass is 158 g/mol. The molecule has 0 saturated carbocycles. The van der Waals surface area contributed by atoms with Crippen LogP contribution >= 0.6 is 11.3 Å². The number of hydrogen-bond acceptors (Lipinski definition) is 4. The highest BCUT2D eigenvalue weighted by atomic mass is 32.1. The van der Waals surface area contributed by atoms with Crippen LogP contribution in [0.4, 0.5) is 0 Å². The zero-order valence-corrected chi connectivity index (χ0v) is 5.84. The molecular formula is C5H6N2O2S. The Balaban J connectivity index is 2.77. The number of aromatic nitrogens is 1. The minimum atomic E-state index is -1.05. The van der Waals surface area contributed by atoms with Crippen LogP contribution in [0.15, 0.2) is 10.9 Å². The van der Waals surface area contributed by atoms with Gasteiger partial charge in [-0.2, -0.15) is 0 Å². The van der Waals surface area contributed by atoms with E-state index in [2.05, 4.69) is 4.98 Å². The number of hydrogen-bond donors (Lipinski definition) is 2. The van der Waals surface area contributed by atoms with E-state index in [-0.39, 0.29) is 0 Å². The zero-order chi connectivity index (χ0) is 7.56. The molecule has 0 amide bonds. The van der Waals surface area contributed by atoms with E-state index >= 15 is 0 Å². The van der Waals surface area contributed by atoms with E-state index < -0.39 is 12.0 Å². The number of rotatable bonds is 2. The first kappa shape index (κ1) is 7.17. The fourth-order valence-corrected chi connectivity index (χ4v) is 1.09. The van der Waals surface area contributed by atoms with E-state index in [0.29, 0.717) is 5.69 Å². The molecule has 0 aliphatic rings. The Morgan fingerprint density at radius 2 is 2.60 bits per heavy atom. The molecule has 1 heterocycles. The second kappa shape index (κ2) is 2.76. The predicted octanol–water partition coefficient (Wildman–Crippen LogP) is 0.228. The van der Waals surface area contributed by atoms with Crippen LogP contribution in [-0.4, -0.2) is 16.1 Å². The number of aliphatic carboxylic acids is 1. The smallest absolute Gasteiger partial charge is 0.326 e. The summed E-state index contributed by atoms with van der Waals surface area (Å²) in [4.78, 5) is 14.0. The van der Waals surface area contributed by atoms with Crippen LogP contribution in [-0.2, 0) is 4.79 Å². The van der Waals surface area contributed by atoms with Crippen LogP contribution in [0.25, 0.3) is 0 Å². The van der Waals surface area contributed by atoms with Crippen LogP contribution in [0.2, 0.25) is 0 Å². The highest BCUT2D eigenvalue weighted by molar-refractivity contribution is 7.07. The highest BCUT2D eigenvalue weighted by Crippen LogP contribution is 2.09.